The summed E-state index contributed by atoms with van der Waals surface area (Å²) in [6.45, 7) is 5.24. The number of aromatic nitrogens is 3. The summed E-state index contributed by atoms with van der Waals surface area (Å²) in [7, 11) is 0. The predicted octanol–water partition coefficient (Wildman–Crippen LogP) is 2.09. The van der Waals surface area contributed by atoms with Gasteiger partial charge in [-0.1, -0.05) is 0 Å². The fraction of sp³-hybridized carbons (Fsp3) is 0.538. The molecule has 0 atom stereocenters. The molecule has 1 aliphatic rings. The number of hydrogen-bond donors (Lipinski definition) is 1. The SMILES string of the molecule is Cc1cn[nH]c1CN1CCC(c2ncco2)CC1. The molecular weight excluding hydrogens is 228 g/mol. The van der Waals surface area contributed by atoms with E-state index in [0.29, 0.717) is 5.92 Å². The fourth-order valence-corrected chi connectivity index (χ4v) is 2.53. The number of likely N-dealkylation sites (tertiary alicyclic amines) is 1. The van der Waals surface area contributed by atoms with Crippen LogP contribution in [-0.2, 0) is 6.54 Å². The molecule has 1 saturated heterocycles. The van der Waals surface area contributed by atoms with Gasteiger partial charge in [0.05, 0.1) is 18.1 Å². The van der Waals surface area contributed by atoms with Crippen LogP contribution in [0.25, 0.3) is 0 Å². The molecule has 0 saturated carbocycles. The van der Waals surface area contributed by atoms with Crippen molar-refractivity contribution in [1.29, 1.82) is 0 Å². The van der Waals surface area contributed by atoms with Gasteiger partial charge >= 0.3 is 0 Å². The number of rotatable bonds is 3. The molecule has 3 rings (SSSR count). The molecule has 2 aromatic heterocycles. The Hall–Kier alpha value is -1.62. The van der Waals surface area contributed by atoms with Crippen LogP contribution in [-0.4, -0.2) is 33.2 Å². The van der Waals surface area contributed by atoms with E-state index in [1.807, 2.05) is 6.20 Å². The standard InChI is InChI=1S/C13H18N4O/c1-10-8-15-16-12(10)9-17-5-2-11(3-6-17)13-14-4-7-18-13/h4,7-8,11H,2-3,5-6,9H2,1H3,(H,15,16). The van der Waals surface area contributed by atoms with Gasteiger partial charge in [-0.3, -0.25) is 10.00 Å². The van der Waals surface area contributed by atoms with E-state index in [0.717, 1.165) is 38.4 Å². The maximum Gasteiger partial charge on any atom is 0.197 e. The summed E-state index contributed by atoms with van der Waals surface area (Å²) in [5, 5.41) is 7.14. The summed E-state index contributed by atoms with van der Waals surface area (Å²) in [4.78, 5) is 6.71. The minimum Gasteiger partial charge on any atom is -0.449 e. The molecular formula is C13H18N4O. The van der Waals surface area contributed by atoms with E-state index < -0.39 is 0 Å². The van der Waals surface area contributed by atoms with Gasteiger partial charge in [0.1, 0.15) is 6.26 Å². The normalized spacial score (nSPS) is 18.3. The number of H-pyrrole nitrogens is 1. The highest BCUT2D eigenvalue weighted by Gasteiger charge is 2.23. The Bertz CT molecular complexity index is 483. The third-order valence-corrected chi connectivity index (χ3v) is 3.70. The highest BCUT2D eigenvalue weighted by atomic mass is 16.3. The summed E-state index contributed by atoms with van der Waals surface area (Å²) in [5.74, 6) is 1.38. The van der Waals surface area contributed by atoms with Crippen molar-refractivity contribution < 1.29 is 4.42 Å². The zero-order valence-corrected chi connectivity index (χ0v) is 10.6. The fourth-order valence-electron chi connectivity index (χ4n) is 2.53. The van der Waals surface area contributed by atoms with Crippen LogP contribution in [0.3, 0.4) is 0 Å². The Labute approximate surface area is 106 Å². The highest BCUT2D eigenvalue weighted by Crippen LogP contribution is 2.27. The Morgan fingerprint density at radius 1 is 1.44 bits per heavy atom. The molecule has 0 spiro atoms. The van der Waals surface area contributed by atoms with Gasteiger partial charge in [-0.2, -0.15) is 5.10 Å². The van der Waals surface area contributed by atoms with Crippen molar-refractivity contribution in [2.45, 2.75) is 32.2 Å². The van der Waals surface area contributed by atoms with Crippen LogP contribution in [0.1, 0.15) is 35.9 Å². The monoisotopic (exact) mass is 246 g/mol. The number of oxazole rings is 1. The second kappa shape index (κ2) is 4.94. The predicted molar refractivity (Wildman–Crippen MR) is 67.1 cm³/mol. The molecule has 1 N–H and O–H groups in total. The molecule has 18 heavy (non-hydrogen) atoms. The molecule has 0 aromatic carbocycles. The second-order valence-corrected chi connectivity index (χ2v) is 4.95. The van der Waals surface area contributed by atoms with E-state index in [1.165, 1.54) is 11.3 Å². The van der Waals surface area contributed by atoms with Crippen LogP contribution in [0, 0.1) is 6.92 Å². The van der Waals surface area contributed by atoms with Crippen molar-refractivity contribution in [3.8, 4) is 0 Å². The van der Waals surface area contributed by atoms with E-state index in [4.69, 9.17) is 4.42 Å². The number of aromatic amines is 1. The van der Waals surface area contributed by atoms with E-state index in [2.05, 4.69) is 27.0 Å². The first-order chi connectivity index (χ1) is 8.83. The van der Waals surface area contributed by atoms with Crippen LogP contribution in [0.5, 0.6) is 0 Å². The van der Waals surface area contributed by atoms with Crippen molar-refractivity contribution in [3.05, 3.63) is 35.8 Å². The third kappa shape index (κ3) is 2.31. The van der Waals surface area contributed by atoms with Crippen molar-refractivity contribution in [3.63, 3.8) is 0 Å². The topological polar surface area (TPSA) is 58.0 Å². The number of aryl methyl sites for hydroxylation is 1. The third-order valence-electron chi connectivity index (χ3n) is 3.70. The Kier molecular flexibility index (Phi) is 3.15. The molecule has 5 heteroatoms. The first kappa shape index (κ1) is 11.5. The van der Waals surface area contributed by atoms with Crippen molar-refractivity contribution >= 4 is 0 Å². The molecule has 1 fully saturated rings. The average molecular weight is 246 g/mol. The van der Waals surface area contributed by atoms with Crippen molar-refractivity contribution in [2.75, 3.05) is 13.1 Å². The molecule has 0 aliphatic carbocycles. The minimum atomic E-state index is 0.485. The van der Waals surface area contributed by atoms with Gasteiger partial charge in [-0.05, 0) is 38.4 Å². The van der Waals surface area contributed by atoms with Gasteiger partial charge in [0.25, 0.3) is 0 Å². The maximum atomic E-state index is 5.39. The lowest BCUT2D eigenvalue weighted by molar-refractivity contribution is 0.190. The summed E-state index contributed by atoms with van der Waals surface area (Å²) < 4.78 is 5.39. The number of hydrogen-bond acceptors (Lipinski definition) is 4. The van der Waals surface area contributed by atoms with Gasteiger partial charge in [-0.15, -0.1) is 0 Å². The summed E-state index contributed by atoms with van der Waals surface area (Å²) >= 11 is 0. The summed E-state index contributed by atoms with van der Waals surface area (Å²) in [5.41, 5.74) is 2.47. The first-order valence-electron chi connectivity index (χ1n) is 6.43. The van der Waals surface area contributed by atoms with Gasteiger partial charge in [0.15, 0.2) is 5.89 Å². The van der Waals surface area contributed by atoms with Gasteiger partial charge in [0.2, 0.25) is 0 Å². The van der Waals surface area contributed by atoms with E-state index in [1.54, 1.807) is 12.5 Å². The lowest BCUT2D eigenvalue weighted by Crippen LogP contribution is -2.32. The van der Waals surface area contributed by atoms with E-state index in [9.17, 15) is 0 Å². The lowest BCUT2D eigenvalue weighted by atomic mass is 9.96. The molecule has 0 amide bonds. The average Bonchev–Trinajstić information content (AvgIpc) is 3.03. The lowest BCUT2D eigenvalue weighted by Gasteiger charge is -2.30. The van der Waals surface area contributed by atoms with Gasteiger partial charge < -0.3 is 4.42 Å². The molecule has 3 heterocycles. The Balaban J connectivity index is 1.56. The van der Waals surface area contributed by atoms with E-state index in [-0.39, 0.29) is 0 Å². The Morgan fingerprint density at radius 2 is 2.28 bits per heavy atom. The second-order valence-electron chi connectivity index (χ2n) is 4.95. The molecule has 5 nitrogen and oxygen atoms in total. The smallest absolute Gasteiger partial charge is 0.197 e. The van der Waals surface area contributed by atoms with E-state index >= 15 is 0 Å². The van der Waals surface area contributed by atoms with Crippen LogP contribution in [0.2, 0.25) is 0 Å². The largest absolute Gasteiger partial charge is 0.449 e. The first-order valence-corrected chi connectivity index (χ1v) is 6.43. The quantitative estimate of drug-likeness (QED) is 0.901. The molecule has 2 aromatic rings. The zero-order chi connectivity index (χ0) is 12.4. The molecule has 1 aliphatic heterocycles. The maximum absolute atomic E-state index is 5.39. The summed E-state index contributed by atoms with van der Waals surface area (Å²) in [6, 6.07) is 0. The van der Waals surface area contributed by atoms with Crippen LogP contribution in [0.15, 0.2) is 23.1 Å². The van der Waals surface area contributed by atoms with Crippen LogP contribution >= 0.6 is 0 Å². The van der Waals surface area contributed by atoms with Crippen LogP contribution in [0.4, 0.5) is 0 Å². The number of nitrogens with zero attached hydrogens (tertiary/aromatic N) is 3. The Morgan fingerprint density at radius 3 is 2.89 bits per heavy atom. The van der Waals surface area contributed by atoms with Gasteiger partial charge in [-0.25, -0.2) is 4.98 Å². The molecule has 0 unspecified atom stereocenters. The molecule has 0 radical (unpaired) electrons. The number of nitrogens with one attached hydrogen (secondary N) is 1. The molecule has 96 valence electrons. The minimum absolute atomic E-state index is 0.485. The highest BCUT2D eigenvalue weighted by molar-refractivity contribution is 5.13. The molecule has 0 bridgehead atoms. The number of piperidine rings is 1. The van der Waals surface area contributed by atoms with Crippen molar-refractivity contribution in [2.24, 2.45) is 0 Å². The zero-order valence-electron chi connectivity index (χ0n) is 10.6. The van der Waals surface area contributed by atoms with Crippen LogP contribution < -0.4 is 0 Å². The van der Waals surface area contributed by atoms with Gasteiger partial charge in [0, 0.05) is 12.5 Å². The van der Waals surface area contributed by atoms with Crippen molar-refractivity contribution in [1.82, 2.24) is 20.1 Å². The summed E-state index contributed by atoms with van der Waals surface area (Å²) in [6.07, 6.45) is 7.52.